The van der Waals surface area contributed by atoms with Gasteiger partial charge in [-0.25, -0.2) is 9.38 Å². The lowest BCUT2D eigenvalue weighted by atomic mass is 10.2. The van der Waals surface area contributed by atoms with Crippen LogP contribution >= 0.6 is 46.1 Å². The first-order valence-electron chi connectivity index (χ1n) is 9.31. The van der Waals surface area contributed by atoms with Crippen LogP contribution in [0.2, 0.25) is 0 Å². The Morgan fingerprint density at radius 1 is 1.23 bits per heavy atom. The van der Waals surface area contributed by atoms with Gasteiger partial charge in [-0.15, -0.1) is 0 Å². The van der Waals surface area contributed by atoms with E-state index < -0.39 is 10.0 Å². The first-order valence-corrected chi connectivity index (χ1v) is 11.3. The van der Waals surface area contributed by atoms with Crippen molar-refractivity contribution in [3.63, 3.8) is 0 Å². The van der Waals surface area contributed by atoms with Crippen molar-refractivity contribution in [1.29, 1.82) is 0 Å². The van der Waals surface area contributed by atoms with Crippen LogP contribution < -0.4 is 20.1 Å². The third kappa shape index (κ3) is 4.65. The fraction of sp³-hybridized carbons (Fsp3) is 0.190. The summed E-state index contributed by atoms with van der Waals surface area (Å²) in [5.74, 6) is 0.0960. The van der Waals surface area contributed by atoms with Crippen LogP contribution in [0, 0.1) is 0 Å². The molecule has 2 heterocycles. The van der Waals surface area contributed by atoms with Crippen LogP contribution in [0.5, 0.6) is 5.75 Å². The number of nitrogens with zero attached hydrogens (tertiary/aromatic N) is 2. The molecule has 0 saturated carbocycles. The summed E-state index contributed by atoms with van der Waals surface area (Å²) in [5.41, 5.74) is 2.25. The summed E-state index contributed by atoms with van der Waals surface area (Å²) in [4.78, 5) is 29.7. The molecule has 0 aliphatic rings. The molecule has 0 aliphatic carbocycles. The minimum absolute atomic E-state index is 0.118. The molecule has 2 aromatic carbocycles. The van der Waals surface area contributed by atoms with Gasteiger partial charge in [0.1, 0.15) is 5.75 Å². The highest BCUT2D eigenvalue weighted by Crippen LogP contribution is 2.32. The van der Waals surface area contributed by atoms with E-state index in [1.54, 1.807) is 41.7 Å². The number of hydrogen-bond acceptors (Lipinski definition) is 5. The van der Waals surface area contributed by atoms with E-state index in [-0.39, 0.29) is 17.9 Å². The van der Waals surface area contributed by atoms with Gasteiger partial charge in [0.2, 0.25) is 15.9 Å². The minimum atomic E-state index is -1.85. The number of imidazole rings is 1. The van der Waals surface area contributed by atoms with Gasteiger partial charge in [-0.05, 0) is 35.9 Å². The SMILES string of the molecule is CCC(=O)N[C@H](Oc1ccc(/C=c2\sc3nc4ccccc4n3c2=O)cc1)C(Cl)(Cl)Cl. The second-order valence-electron chi connectivity index (χ2n) is 6.66. The Bertz CT molecular complexity index is 1360. The molecule has 1 amide bonds. The van der Waals surface area contributed by atoms with Gasteiger partial charge < -0.3 is 10.1 Å². The molecule has 4 aromatic rings. The van der Waals surface area contributed by atoms with E-state index in [9.17, 15) is 9.59 Å². The maximum absolute atomic E-state index is 12.9. The molecule has 10 heteroatoms. The molecule has 1 N–H and O–H groups in total. The zero-order chi connectivity index (χ0) is 22.2. The number of alkyl halides is 3. The third-order valence-electron chi connectivity index (χ3n) is 4.49. The van der Waals surface area contributed by atoms with Crippen LogP contribution in [-0.2, 0) is 4.79 Å². The Balaban J connectivity index is 1.61. The number of thiazole rings is 1. The molecule has 160 valence electrons. The number of fused-ring (bicyclic) bond motifs is 3. The van der Waals surface area contributed by atoms with Crippen molar-refractivity contribution in [2.45, 2.75) is 23.4 Å². The fourth-order valence-electron chi connectivity index (χ4n) is 2.97. The number of amides is 1. The van der Waals surface area contributed by atoms with Gasteiger partial charge in [-0.2, -0.15) is 0 Å². The van der Waals surface area contributed by atoms with Gasteiger partial charge in [-0.1, -0.05) is 77.3 Å². The van der Waals surface area contributed by atoms with E-state index in [1.165, 1.54) is 11.3 Å². The molecule has 6 nitrogen and oxygen atoms in total. The summed E-state index contributed by atoms with van der Waals surface area (Å²) in [5, 5.41) is 2.53. The number of para-hydroxylation sites is 2. The molecule has 0 radical (unpaired) electrons. The molecule has 0 saturated heterocycles. The zero-order valence-electron chi connectivity index (χ0n) is 16.1. The first kappa shape index (κ1) is 21.9. The smallest absolute Gasteiger partial charge is 0.274 e. The highest BCUT2D eigenvalue weighted by Gasteiger charge is 2.35. The molecular formula is C21H16Cl3N3O3S. The van der Waals surface area contributed by atoms with Gasteiger partial charge >= 0.3 is 0 Å². The monoisotopic (exact) mass is 495 g/mol. The molecular weight excluding hydrogens is 481 g/mol. The van der Waals surface area contributed by atoms with Gasteiger partial charge in [0, 0.05) is 6.42 Å². The van der Waals surface area contributed by atoms with Crippen molar-refractivity contribution in [2.75, 3.05) is 0 Å². The lowest BCUT2D eigenvalue weighted by Crippen LogP contribution is -2.47. The summed E-state index contributed by atoms with van der Waals surface area (Å²) in [7, 11) is 0. The standard InChI is InChI=1S/C21H16Cl3N3O3S/c1-2-17(28)26-19(21(22,23)24)30-13-9-7-12(8-10-13)11-16-18(29)27-15-6-4-3-5-14(15)25-20(27)31-16/h3-11,19H,2H2,1H3,(H,26,28)/b16-11-/t19-/m1/s1. The van der Waals surface area contributed by atoms with E-state index in [0.717, 1.165) is 16.6 Å². The molecule has 0 aliphatic heterocycles. The molecule has 1 atom stereocenters. The number of carbonyl (C=O) groups is 1. The highest BCUT2D eigenvalue weighted by molar-refractivity contribution is 7.15. The Morgan fingerprint density at radius 3 is 2.61 bits per heavy atom. The lowest BCUT2D eigenvalue weighted by Gasteiger charge is -2.26. The van der Waals surface area contributed by atoms with E-state index in [1.807, 2.05) is 24.3 Å². The summed E-state index contributed by atoms with van der Waals surface area (Å²) in [6, 6.07) is 14.4. The molecule has 4 rings (SSSR count). The van der Waals surface area contributed by atoms with Crippen molar-refractivity contribution in [3.8, 4) is 5.75 Å². The van der Waals surface area contributed by atoms with Gasteiger partial charge in [0.15, 0.2) is 4.96 Å². The van der Waals surface area contributed by atoms with Crippen LogP contribution in [-0.4, -0.2) is 25.3 Å². The van der Waals surface area contributed by atoms with E-state index in [0.29, 0.717) is 15.2 Å². The Morgan fingerprint density at radius 2 is 1.94 bits per heavy atom. The first-order chi connectivity index (χ1) is 14.8. The Labute approximate surface area is 196 Å². The summed E-state index contributed by atoms with van der Waals surface area (Å²) < 4.78 is 5.99. The number of benzene rings is 2. The number of hydrogen-bond donors (Lipinski definition) is 1. The molecule has 0 fully saturated rings. The average molecular weight is 497 g/mol. The van der Waals surface area contributed by atoms with Crippen LogP contribution in [0.4, 0.5) is 0 Å². The number of halogens is 3. The number of ether oxygens (including phenoxy) is 1. The van der Waals surface area contributed by atoms with Crippen molar-refractivity contribution >= 4 is 74.1 Å². The molecule has 31 heavy (non-hydrogen) atoms. The van der Waals surface area contributed by atoms with Crippen LogP contribution in [0.3, 0.4) is 0 Å². The Kier molecular flexibility index (Phi) is 6.12. The largest absolute Gasteiger partial charge is 0.466 e. The number of nitrogens with one attached hydrogen (secondary N) is 1. The molecule has 0 unspecified atom stereocenters. The predicted molar refractivity (Wildman–Crippen MR) is 125 cm³/mol. The molecule has 0 spiro atoms. The minimum Gasteiger partial charge on any atom is -0.466 e. The van der Waals surface area contributed by atoms with Crippen LogP contribution in [0.25, 0.3) is 22.1 Å². The second kappa shape index (κ2) is 8.67. The van der Waals surface area contributed by atoms with Gasteiger partial charge in [-0.3, -0.25) is 9.59 Å². The van der Waals surface area contributed by atoms with Gasteiger partial charge in [0.25, 0.3) is 5.56 Å². The van der Waals surface area contributed by atoms with Crippen molar-refractivity contribution in [3.05, 3.63) is 69.0 Å². The van der Waals surface area contributed by atoms with E-state index in [4.69, 9.17) is 39.5 Å². The van der Waals surface area contributed by atoms with Crippen molar-refractivity contribution < 1.29 is 9.53 Å². The zero-order valence-corrected chi connectivity index (χ0v) is 19.2. The van der Waals surface area contributed by atoms with Crippen LogP contribution in [0.15, 0.2) is 53.3 Å². The van der Waals surface area contributed by atoms with E-state index >= 15 is 0 Å². The maximum Gasteiger partial charge on any atom is 0.274 e. The van der Waals surface area contributed by atoms with E-state index in [2.05, 4.69) is 10.3 Å². The number of aromatic nitrogens is 2. The average Bonchev–Trinajstić information content (AvgIpc) is 3.24. The predicted octanol–water partition coefficient (Wildman–Crippen LogP) is 4.06. The topological polar surface area (TPSA) is 72.7 Å². The molecule has 0 bridgehead atoms. The number of rotatable bonds is 5. The van der Waals surface area contributed by atoms with Crippen molar-refractivity contribution in [2.24, 2.45) is 0 Å². The summed E-state index contributed by atoms with van der Waals surface area (Å²) in [6.07, 6.45) is 0.864. The number of carbonyl (C=O) groups excluding carboxylic acids is 1. The molecule has 2 aromatic heterocycles. The maximum atomic E-state index is 12.9. The fourth-order valence-corrected chi connectivity index (χ4v) is 4.25. The highest BCUT2D eigenvalue weighted by atomic mass is 35.6. The summed E-state index contributed by atoms with van der Waals surface area (Å²) >= 11 is 19.1. The van der Waals surface area contributed by atoms with Crippen molar-refractivity contribution in [1.82, 2.24) is 14.7 Å². The third-order valence-corrected chi connectivity index (χ3v) is 6.05. The van der Waals surface area contributed by atoms with Gasteiger partial charge in [0.05, 0.1) is 15.6 Å². The summed E-state index contributed by atoms with van der Waals surface area (Å²) in [6.45, 7) is 1.68. The quantitative estimate of drug-likeness (QED) is 0.334. The second-order valence-corrected chi connectivity index (χ2v) is 10.0. The lowest BCUT2D eigenvalue weighted by molar-refractivity contribution is -0.123. The van der Waals surface area contributed by atoms with Crippen LogP contribution in [0.1, 0.15) is 18.9 Å². The normalized spacial score (nSPS) is 13.6. The Hall–Kier alpha value is -2.32.